The second kappa shape index (κ2) is 45.1. The van der Waals surface area contributed by atoms with Crippen molar-refractivity contribution in [1.82, 2.24) is 162 Å². The molecule has 32 nitrogen and oxygen atoms in total. The fourth-order valence-corrected chi connectivity index (χ4v) is 3.43. The normalized spacial score (nSPS) is 8.71. The van der Waals surface area contributed by atoms with E-state index < -0.39 is 0 Å². The SMILES string of the molecule is Cc1ccncn1.Cc1ccnnn1.Cc1cnccn1.Cc1cncnn1.Cc1cnncn1.Cc1cnncn1.Cc1cnnnn1.Cc1ncccn1.Cc1nccnn1.Cc1ncncn1.Cc1nncnn1. The molecule has 0 spiro atoms. The van der Waals surface area contributed by atoms with Gasteiger partial charge >= 0.3 is 0 Å². The number of hydrogen-bond acceptors (Lipinski definition) is 32. The summed E-state index contributed by atoms with van der Waals surface area (Å²) in [6, 6.07) is 5.46. The molecule has 11 rings (SSSR count). The first-order valence-corrected chi connectivity index (χ1v) is 22.0. The van der Waals surface area contributed by atoms with Crippen molar-refractivity contribution in [2.45, 2.75) is 76.2 Å². The molecule has 0 amide bonds. The van der Waals surface area contributed by atoms with Crippen LogP contribution < -0.4 is 0 Å². The molecule has 0 N–H and O–H groups in total. The molecule has 0 unspecified atom stereocenters. The van der Waals surface area contributed by atoms with Gasteiger partial charge in [-0.15, -0.1) is 61.2 Å². The van der Waals surface area contributed by atoms with Gasteiger partial charge in [-0.3, -0.25) is 9.97 Å². The molecule has 396 valence electrons. The van der Waals surface area contributed by atoms with E-state index in [1.165, 1.54) is 44.3 Å². The summed E-state index contributed by atoms with van der Waals surface area (Å²) < 4.78 is 0. The van der Waals surface area contributed by atoms with Crippen LogP contribution in [0.2, 0.25) is 0 Å². The third-order valence-corrected chi connectivity index (χ3v) is 6.86. The lowest BCUT2D eigenvalue weighted by atomic mass is 10.5. The summed E-state index contributed by atoms with van der Waals surface area (Å²) in [7, 11) is 0. The monoisotopic (exact) mass is 1040 g/mol. The van der Waals surface area contributed by atoms with E-state index in [-0.39, 0.29) is 0 Å². The maximum Gasteiger partial charge on any atom is 0.170 e. The van der Waals surface area contributed by atoms with Crippen LogP contribution in [0, 0.1) is 76.2 Å². The quantitative estimate of drug-likeness (QED) is 0.210. The Morgan fingerprint density at radius 2 is 0.753 bits per heavy atom. The second-order valence-electron chi connectivity index (χ2n) is 13.6. The smallest absolute Gasteiger partial charge is 0.170 e. The van der Waals surface area contributed by atoms with E-state index in [0.29, 0.717) is 11.6 Å². The third-order valence-electron chi connectivity index (χ3n) is 6.86. The molecule has 0 radical (unpaired) electrons. The zero-order valence-electron chi connectivity index (χ0n) is 44.1. The third kappa shape index (κ3) is 43.7. The Labute approximate surface area is 443 Å². The lowest BCUT2D eigenvalue weighted by molar-refractivity contribution is 0.742. The van der Waals surface area contributed by atoms with Crippen molar-refractivity contribution in [3.8, 4) is 0 Å². The van der Waals surface area contributed by atoms with Gasteiger partial charge in [0.2, 0.25) is 0 Å². The van der Waals surface area contributed by atoms with E-state index in [1.54, 1.807) is 107 Å². The summed E-state index contributed by atoms with van der Waals surface area (Å²) >= 11 is 0. The van der Waals surface area contributed by atoms with Gasteiger partial charge in [0, 0.05) is 49.1 Å². The molecule has 0 aliphatic rings. The van der Waals surface area contributed by atoms with Gasteiger partial charge in [0.15, 0.2) is 12.2 Å². The van der Waals surface area contributed by atoms with Crippen LogP contribution in [0.4, 0.5) is 0 Å². The van der Waals surface area contributed by atoms with Gasteiger partial charge in [-0.05, 0) is 110 Å². The van der Waals surface area contributed by atoms with Crippen molar-refractivity contribution in [2.24, 2.45) is 0 Å². The van der Waals surface area contributed by atoms with Gasteiger partial charge in [0.05, 0.1) is 71.3 Å². The molecule has 0 atom stereocenters. The molecular weight excluding hydrogens is 989 g/mol. The van der Waals surface area contributed by atoms with Gasteiger partial charge in [0.25, 0.3) is 0 Å². The summed E-state index contributed by atoms with van der Waals surface area (Å²) in [5.41, 5.74) is 6.30. The fourth-order valence-electron chi connectivity index (χ4n) is 3.43. The molecule has 0 bridgehead atoms. The van der Waals surface area contributed by atoms with Crippen LogP contribution >= 0.6 is 0 Å². The predicted molar refractivity (Wildman–Crippen MR) is 272 cm³/mol. The Kier molecular flexibility index (Phi) is 37.6. The molecule has 0 fully saturated rings. The van der Waals surface area contributed by atoms with E-state index in [4.69, 9.17) is 0 Å². The van der Waals surface area contributed by atoms with Crippen LogP contribution in [-0.4, -0.2) is 162 Å². The van der Waals surface area contributed by atoms with Crippen LogP contribution in [0.5, 0.6) is 0 Å². The molecule has 0 saturated carbocycles. The van der Waals surface area contributed by atoms with Crippen molar-refractivity contribution in [2.75, 3.05) is 0 Å². The minimum atomic E-state index is 0.600. The Hall–Kier alpha value is -10.8. The molecule has 0 aliphatic carbocycles. The second-order valence-corrected chi connectivity index (χ2v) is 13.6. The highest BCUT2D eigenvalue weighted by Crippen LogP contribution is 1.84. The average molecular weight is 1050 g/mol. The molecule has 0 aromatic carbocycles. The highest BCUT2D eigenvalue weighted by molar-refractivity contribution is 4.93. The van der Waals surface area contributed by atoms with Gasteiger partial charge in [-0.1, -0.05) is 0 Å². The summed E-state index contributed by atoms with van der Waals surface area (Å²) in [6.07, 6.45) is 31.5. The zero-order valence-corrected chi connectivity index (χ0v) is 44.1. The Balaban J connectivity index is 0.000000423. The van der Waals surface area contributed by atoms with Crippen molar-refractivity contribution in [3.05, 3.63) is 206 Å². The van der Waals surface area contributed by atoms with Crippen LogP contribution in [0.1, 0.15) is 63.2 Å². The summed E-state index contributed by atoms with van der Waals surface area (Å²) in [6.45, 7) is 20.3. The van der Waals surface area contributed by atoms with E-state index in [1.807, 2.05) is 68.4 Å². The maximum atomic E-state index is 3.92. The number of nitrogens with zero attached hydrogens (tertiary/aromatic N) is 32. The van der Waals surface area contributed by atoms with Crippen LogP contribution in [0.25, 0.3) is 0 Å². The molecule has 0 aliphatic heterocycles. The first-order valence-electron chi connectivity index (χ1n) is 22.0. The molecular formula is C45H56N32. The van der Waals surface area contributed by atoms with E-state index in [9.17, 15) is 0 Å². The lowest BCUT2D eigenvalue weighted by Crippen LogP contribution is -1.90. The topological polar surface area (TPSA) is 412 Å². The Morgan fingerprint density at radius 3 is 1.01 bits per heavy atom. The number of aromatic nitrogens is 32. The minimum absolute atomic E-state index is 0.600. The number of hydrogen-bond donors (Lipinski definition) is 0. The Morgan fingerprint density at radius 1 is 0.221 bits per heavy atom. The summed E-state index contributed by atoms with van der Waals surface area (Å²) in [5, 5.41) is 66.5. The van der Waals surface area contributed by atoms with Crippen molar-refractivity contribution in [1.29, 1.82) is 0 Å². The molecule has 11 aromatic heterocycles. The van der Waals surface area contributed by atoms with Crippen LogP contribution in [0.3, 0.4) is 0 Å². The average Bonchev–Trinajstić information content (AvgIpc) is 3.45. The molecule has 0 saturated heterocycles. The van der Waals surface area contributed by atoms with Crippen LogP contribution in [-0.2, 0) is 0 Å². The molecule has 11 heterocycles. The Bertz CT molecular complexity index is 2220. The van der Waals surface area contributed by atoms with Gasteiger partial charge in [0.1, 0.15) is 55.4 Å². The number of rotatable bonds is 0. The first-order chi connectivity index (χ1) is 37.3. The lowest BCUT2D eigenvalue weighted by Gasteiger charge is -1.81. The first kappa shape index (κ1) is 64.2. The highest BCUT2D eigenvalue weighted by atomic mass is 15.4. The molecule has 32 heteroatoms. The van der Waals surface area contributed by atoms with Crippen molar-refractivity contribution in [3.63, 3.8) is 0 Å². The van der Waals surface area contributed by atoms with Gasteiger partial charge in [-0.2, -0.15) is 20.4 Å². The van der Waals surface area contributed by atoms with Crippen LogP contribution in [0.15, 0.2) is 143 Å². The van der Waals surface area contributed by atoms with E-state index in [0.717, 1.165) is 51.5 Å². The highest BCUT2D eigenvalue weighted by Gasteiger charge is 1.82. The molecule has 11 aromatic rings. The zero-order chi connectivity index (χ0) is 56.2. The van der Waals surface area contributed by atoms with E-state index >= 15 is 0 Å². The minimum Gasteiger partial charge on any atom is -0.261 e. The predicted octanol–water partition coefficient (Wildman–Crippen LogP) is 2.59. The van der Waals surface area contributed by atoms with Gasteiger partial charge < -0.3 is 0 Å². The van der Waals surface area contributed by atoms with Crippen molar-refractivity contribution >= 4 is 0 Å². The summed E-state index contributed by atoms with van der Waals surface area (Å²) in [5.74, 6) is 2.89. The fraction of sp³-hybridized carbons (Fsp3) is 0.244. The van der Waals surface area contributed by atoms with E-state index in [2.05, 4.69) is 162 Å². The summed E-state index contributed by atoms with van der Waals surface area (Å²) in [4.78, 5) is 49.3. The standard InChI is InChI=1S/3C5H6N2.6C4H5N3.2C3H4N4/c1-5-4-6-2-3-7-5;1-5-2-3-6-4-7-5;1-5-6-3-2-4-7-5;1-4-6-2-5-3-7-4;2*1-4-2-6-7-3-5-4;1-4-2-5-3-6-7-4;1-4-5-2-3-6-7-4;1-4-2-3-5-7-6-4;1-3-6-4-2-5-7-3;1-3-2-4-6-7-5-3/h3*2-4H,1H3;6*2-3H,1H3;2*2H,1H3. The van der Waals surface area contributed by atoms with Crippen molar-refractivity contribution < 1.29 is 0 Å². The maximum absolute atomic E-state index is 3.92. The number of aryl methyl sites for hydroxylation is 11. The van der Waals surface area contributed by atoms with Gasteiger partial charge in [-0.25, -0.2) is 54.8 Å². The largest absolute Gasteiger partial charge is 0.261 e. The molecule has 77 heavy (non-hydrogen) atoms.